The Bertz CT molecular complexity index is 3210. The molecule has 4 aliphatic rings. The SMILES string of the molecule is Cc1cc(C(C)(C)C)ccc1N1c2cc3c(cc2B2c4cc5sc6cc7c(cc6c5cc4N(c4ccccc4C)c4cc(C(C)(C)C)cc1c42)C(C)(C)CCC7(C)C)C(C)(C)CCC3(C)C. The number of hydrogen-bond acceptors (Lipinski definition) is 3. The number of thiophene rings is 1. The highest BCUT2D eigenvalue weighted by Crippen LogP contribution is 2.54. The van der Waals surface area contributed by atoms with Gasteiger partial charge in [-0.1, -0.05) is 133 Å². The zero-order valence-corrected chi connectivity index (χ0v) is 43.7. The van der Waals surface area contributed by atoms with Gasteiger partial charge in [-0.3, -0.25) is 0 Å². The molecule has 0 radical (unpaired) electrons. The third kappa shape index (κ3) is 6.39. The third-order valence-electron chi connectivity index (χ3n) is 17.1. The van der Waals surface area contributed by atoms with Gasteiger partial charge in [-0.05, 0) is 188 Å². The van der Waals surface area contributed by atoms with Crippen LogP contribution in [-0.4, -0.2) is 6.71 Å². The molecule has 0 saturated heterocycles. The Morgan fingerprint density at radius 3 is 1.47 bits per heavy atom. The van der Waals surface area contributed by atoms with Crippen molar-refractivity contribution in [1.29, 1.82) is 0 Å². The fraction of sp³-hybridized carbons (Fsp3) is 0.419. The molecule has 2 aliphatic carbocycles. The molecule has 2 nitrogen and oxygen atoms in total. The Hall–Kier alpha value is -4.80. The lowest BCUT2D eigenvalue weighted by Gasteiger charge is -2.48. The molecule has 338 valence electrons. The first-order chi connectivity index (χ1) is 30.8. The first-order valence-corrected chi connectivity index (χ1v) is 25.8. The largest absolute Gasteiger partial charge is 0.311 e. The second-order valence-corrected chi connectivity index (χ2v) is 26.8. The fourth-order valence-electron chi connectivity index (χ4n) is 12.5. The predicted octanol–water partition coefficient (Wildman–Crippen LogP) is 16.0. The average molecular weight is 887 g/mol. The van der Waals surface area contributed by atoms with Crippen molar-refractivity contribution in [3.8, 4) is 0 Å². The predicted molar refractivity (Wildman–Crippen MR) is 291 cm³/mol. The van der Waals surface area contributed by atoms with Crippen LogP contribution in [0.15, 0.2) is 91.0 Å². The Labute approximate surface area is 400 Å². The van der Waals surface area contributed by atoms with Crippen molar-refractivity contribution in [3.05, 3.63) is 136 Å². The van der Waals surface area contributed by atoms with E-state index in [-0.39, 0.29) is 39.2 Å². The van der Waals surface area contributed by atoms with Gasteiger partial charge in [0.25, 0.3) is 6.71 Å². The molecule has 4 heteroatoms. The highest BCUT2D eigenvalue weighted by Gasteiger charge is 2.48. The molecule has 66 heavy (non-hydrogen) atoms. The Morgan fingerprint density at radius 1 is 0.439 bits per heavy atom. The van der Waals surface area contributed by atoms with Crippen LogP contribution in [0.2, 0.25) is 0 Å². The van der Waals surface area contributed by atoms with Gasteiger partial charge >= 0.3 is 0 Å². The van der Waals surface area contributed by atoms with Gasteiger partial charge in [0, 0.05) is 54.3 Å². The van der Waals surface area contributed by atoms with Crippen LogP contribution in [-0.2, 0) is 32.5 Å². The minimum absolute atomic E-state index is 0.0477. The van der Waals surface area contributed by atoms with Gasteiger partial charge < -0.3 is 9.80 Å². The average Bonchev–Trinajstić information content (AvgIpc) is 3.59. The molecule has 0 N–H and O–H groups in total. The van der Waals surface area contributed by atoms with Crippen LogP contribution in [0, 0.1) is 13.8 Å². The minimum atomic E-state index is -0.0924. The molecule has 0 fully saturated rings. The molecule has 0 spiro atoms. The Morgan fingerprint density at radius 2 is 0.909 bits per heavy atom. The fourth-order valence-corrected chi connectivity index (χ4v) is 13.7. The highest BCUT2D eigenvalue weighted by molar-refractivity contribution is 7.26. The van der Waals surface area contributed by atoms with Gasteiger partial charge in [0.15, 0.2) is 0 Å². The zero-order valence-electron chi connectivity index (χ0n) is 42.9. The number of fused-ring (bicyclic) bond motifs is 9. The van der Waals surface area contributed by atoms with Crippen LogP contribution < -0.4 is 26.2 Å². The van der Waals surface area contributed by atoms with Crippen LogP contribution in [0.25, 0.3) is 20.2 Å². The molecule has 0 atom stereocenters. The number of para-hydroxylation sites is 1. The number of anilines is 6. The summed E-state index contributed by atoms with van der Waals surface area (Å²) in [6, 6.07) is 37.3. The lowest BCUT2D eigenvalue weighted by molar-refractivity contribution is 0.332. The maximum atomic E-state index is 2.70. The van der Waals surface area contributed by atoms with E-state index < -0.39 is 0 Å². The van der Waals surface area contributed by atoms with Crippen LogP contribution >= 0.6 is 11.3 Å². The molecular weight excluding hydrogens is 816 g/mol. The van der Waals surface area contributed by atoms with Crippen LogP contribution in [0.4, 0.5) is 34.1 Å². The van der Waals surface area contributed by atoms with E-state index in [9.17, 15) is 0 Å². The van der Waals surface area contributed by atoms with Crippen LogP contribution in [0.5, 0.6) is 0 Å². The van der Waals surface area contributed by atoms with E-state index in [2.05, 4.69) is 212 Å². The molecule has 2 aliphatic heterocycles. The number of rotatable bonds is 2. The van der Waals surface area contributed by atoms with Crippen LogP contribution in [0.1, 0.15) is 167 Å². The molecule has 7 aromatic rings. The van der Waals surface area contributed by atoms with Crippen molar-refractivity contribution in [2.24, 2.45) is 0 Å². The van der Waals surface area contributed by atoms with Crippen LogP contribution in [0.3, 0.4) is 0 Å². The van der Waals surface area contributed by atoms with E-state index in [1.54, 1.807) is 5.56 Å². The third-order valence-corrected chi connectivity index (χ3v) is 18.2. The number of aryl methyl sites for hydroxylation is 2. The number of hydrogen-bond donors (Lipinski definition) is 0. The molecule has 0 saturated carbocycles. The van der Waals surface area contributed by atoms with Gasteiger partial charge in [-0.15, -0.1) is 11.3 Å². The molecule has 11 rings (SSSR count). The summed E-state index contributed by atoms with van der Waals surface area (Å²) in [7, 11) is 0. The molecule has 1 aromatic heterocycles. The smallest absolute Gasteiger partial charge is 0.252 e. The van der Waals surface area contributed by atoms with Crippen molar-refractivity contribution in [1.82, 2.24) is 0 Å². The second kappa shape index (κ2) is 13.9. The first-order valence-electron chi connectivity index (χ1n) is 25.0. The van der Waals surface area contributed by atoms with Crippen molar-refractivity contribution < 1.29 is 0 Å². The number of benzene rings is 6. The summed E-state index contributed by atoms with van der Waals surface area (Å²) in [5, 5.41) is 2.79. The molecule has 0 amide bonds. The van der Waals surface area contributed by atoms with Crippen molar-refractivity contribution in [2.75, 3.05) is 9.80 Å². The normalized spacial score (nSPS) is 18.8. The van der Waals surface area contributed by atoms with Crippen molar-refractivity contribution in [2.45, 2.75) is 169 Å². The lowest BCUT2D eigenvalue weighted by Crippen LogP contribution is -2.62. The van der Waals surface area contributed by atoms with E-state index in [0.29, 0.717) is 0 Å². The van der Waals surface area contributed by atoms with E-state index in [0.717, 1.165) is 0 Å². The summed E-state index contributed by atoms with van der Waals surface area (Å²) in [5.74, 6) is 0. The summed E-state index contributed by atoms with van der Waals surface area (Å²) in [4.78, 5) is 5.38. The summed E-state index contributed by atoms with van der Waals surface area (Å²) in [5.41, 5.74) is 23.9. The van der Waals surface area contributed by atoms with Gasteiger partial charge in [-0.25, -0.2) is 0 Å². The number of nitrogens with zero attached hydrogens (tertiary/aromatic N) is 2. The maximum Gasteiger partial charge on any atom is 0.252 e. The molecule has 3 heterocycles. The Balaban J connectivity index is 1.29. The van der Waals surface area contributed by atoms with E-state index in [1.165, 1.54) is 135 Å². The second-order valence-electron chi connectivity index (χ2n) is 25.7. The maximum absolute atomic E-state index is 2.70. The Kier molecular flexibility index (Phi) is 9.22. The molecule has 0 unspecified atom stereocenters. The van der Waals surface area contributed by atoms with Crippen molar-refractivity contribution in [3.63, 3.8) is 0 Å². The topological polar surface area (TPSA) is 6.48 Å². The van der Waals surface area contributed by atoms with E-state index in [1.807, 2.05) is 11.3 Å². The van der Waals surface area contributed by atoms with E-state index >= 15 is 0 Å². The van der Waals surface area contributed by atoms with Gasteiger partial charge in [0.05, 0.1) is 0 Å². The summed E-state index contributed by atoms with van der Waals surface area (Å²) in [6.45, 7) is 38.7. The standard InChI is InChI=1S/C62H71BN2S/c1-36-19-17-18-20-48(36)64-50-31-41-40-30-42-45(62(15,16)26-23-59(42,9)10)34-54(40)66-55(41)35-47(50)63-46-32-43-44(61(13,14)25-24-60(43,11)12)33-51(46)65(49-22-21-38(27-37(49)2)57(3,4)5)53-29-39(58(6,7)8)28-52(64)56(53)63/h17-22,27-35H,23-26H2,1-16H3. The highest BCUT2D eigenvalue weighted by atomic mass is 32.1. The summed E-state index contributed by atoms with van der Waals surface area (Å²) in [6.07, 6.45) is 4.79. The van der Waals surface area contributed by atoms with Gasteiger partial charge in [-0.2, -0.15) is 0 Å². The van der Waals surface area contributed by atoms with E-state index in [4.69, 9.17) is 0 Å². The first kappa shape index (κ1) is 43.8. The van der Waals surface area contributed by atoms with Gasteiger partial charge in [0.2, 0.25) is 0 Å². The van der Waals surface area contributed by atoms with Gasteiger partial charge in [0.1, 0.15) is 0 Å². The zero-order chi connectivity index (χ0) is 47.0. The minimum Gasteiger partial charge on any atom is -0.311 e. The van der Waals surface area contributed by atoms with Crippen molar-refractivity contribution >= 4 is 88.7 Å². The molecule has 0 bridgehead atoms. The molecular formula is C62H71BN2S. The molecule has 6 aromatic carbocycles. The quantitative estimate of drug-likeness (QED) is 0.160. The lowest BCUT2D eigenvalue weighted by atomic mass is 9.33. The summed E-state index contributed by atoms with van der Waals surface area (Å²) >= 11 is 2.01. The summed E-state index contributed by atoms with van der Waals surface area (Å²) < 4.78 is 2.80. The monoisotopic (exact) mass is 887 g/mol.